The molecule has 1 rings (SSSR count). The molecule has 0 fully saturated rings. The van der Waals surface area contributed by atoms with Crippen molar-refractivity contribution in [1.82, 2.24) is 0 Å². The summed E-state index contributed by atoms with van der Waals surface area (Å²) in [6, 6.07) is 3.88. The van der Waals surface area contributed by atoms with Gasteiger partial charge in [-0.2, -0.15) is 0 Å². The molecule has 0 aliphatic heterocycles. The van der Waals surface area contributed by atoms with Gasteiger partial charge in [0.2, 0.25) is 0 Å². The zero-order valence-electron chi connectivity index (χ0n) is 8.26. The van der Waals surface area contributed by atoms with Crippen molar-refractivity contribution in [2.45, 2.75) is 6.10 Å². The number of anilines is 1. The van der Waals surface area contributed by atoms with Crippen molar-refractivity contribution in [3.8, 4) is 5.75 Å². The molecule has 0 heterocycles. The molecule has 0 spiro atoms. The first-order valence-corrected chi connectivity index (χ1v) is 5.03. The van der Waals surface area contributed by atoms with E-state index in [1.54, 1.807) is 0 Å². The highest BCUT2D eigenvalue weighted by Crippen LogP contribution is 2.28. The molecule has 1 aromatic carbocycles. The van der Waals surface area contributed by atoms with Gasteiger partial charge in [-0.25, -0.2) is 0 Å². The van der Waals surface area contributed by atoms with E-state index in [0.717, 1.165) is 0 Å². The number of nitrogens with zero attached hydrogens (tertiary/aromatic N) is 1. The van der Waals surface area contributed by atoms with Crippen LogP contribution in [0.2, 0.25) is 0 Å². The number of aliphatic hydroxyl groups excluding tert-OH is 1. The predicted octanol–water partition coefficient (Wildman–Crippen LogP) is 1.31. The average Bonchev–Trinajstić information content (AvgIpc) is 2.27. The number of halogens is 1. The SMILES string of the molecule is O=[N+]([O-])c1cc(NCC(O)CCl)ccc1O. The number of rotatable bonds is 5. The summed E-state index contributed by atoms with van der Waals surface area (Å²) < 4.78 is 0. The van der Waals surface area contributed by atoms with E-state index in [4.69, 9.17) is 11.6 Å². The van der Waals surface area contributed by atoms with Gasteiger partial charge in [0.25, 0.3) is 0 Å². The smallest absolute Gasteiger partial charge is 0.312 e. The molecule has 0 amide bonds. The number of phenolic OH excluding ortho intramolecular Hbond substituents is 1. The molecule has 7 heteroatoms. The third-order valence-corrected chi connectivity index (χ3v) is 2.25. The van der Waals surface area contributed by atoms with Gasteiger partial charge in [-0.1, -0.05) is 0 Å². The minimum absolute atomic E-state index is 0.0766. The van der Waals surface area contributed by atoms with E-state index >= 15 is 0 Å². The summed E-state index contributed by atoms with van der Waals surface area (Å²) in [5.74, 6) is -0.318. The van der Waals surface area contributed by atoms with Crippen LogP contribution in [0.3, 0.4) is 0 Å². The quantitative estimate of drug-likeness (QED) is 0.315. The van der Waals surface area contributed by atoms with Crippen molar-refractivity contribution in [3.05, 3.63) is 28.3 Å². The monoisotopic (exact) mass is 246 g/mol. The Morgan fingerprint density at radius 2 is 2.25 bits per heavy atom. The van der Waals surface area contributed by atoms with E-state index in [1.807, 2.05) is 0 Å². The van der Waals surface area contributed by atoms with Crippen molar-refractivity contribution >= 4 is 23.0 Å². The standard InChI is InChI=1S/C9H11ClN2O4/c10-4-7(13)5-11-6-1-2-9(14)8(3-6)12(15)16/h1-3,7,11,13-14H,4-5H2. The van der Waals surface area contributed by atoms with E-state index in [1.165, 1.54) is 18.2 Å². The summed E-state index contributed by atoms with van der Waals surface area (Å²) in [5, 5.41) is 31.6. The van der Waals surface area contributed by atoms with Gasteiger partial charge in [0.05, 0.1) is 16.9 Å². The summed E-state index contributed by atoms with van der Waals surface area (Å²) >= 11 is 5.39. The van der Waals surface area contributed by atoms with Gasteiger partial charge >= 0.3 is 5.69 Å². The van der Waals surface area contributed by atoms with Gasteiger partial charge in [-0.15, -0.1) is 11.6 Å². The van der Waals surface area contributed by atoms with Crippen LogP contribution in [0.5, 0.6) is 5.75 Å². The fourth-order valence-electron chi connectivity index (χ4n) is 1.07. The largest absolute Gasteiger partial charge is 0.502 e. The zero-order valence-corrected chi connectivity index (χ0v) is 9.02. The number of nitro benzene ring substituents is 1. The Hall–Kier alpha value is -1.53. The van der Waals surface area contributed by atoms with Gasteiger partial charge in [-0.3, -0.25) is 10.1 Å². The summed E-state index contributed by atoms with van der Waals surface area (Å²) in [5.41, 5.74) is 0.0547. The Morgan fingerprint density at radius 1 is 1.56 bits per heavy atom. The van der Waals surface area contributed by atoms with Crippen molar-refractivity contribution in [3.63, 3.8) is 0 Å². The van der Waals surface area contributed by atoms with Gasteiger partial charge in [0.1, 0.15) is 0 Å². The zero-order chi connectivity index (χ0) is 12.1. The van der Waals surface area contributed by atoms with Crippen molar-refractivity contribution < 1.29 is 15.1 Å². The van der Waals surface area contributed by atoms with E-state index in [0.29, 0.717) is 5.69 Å². The lowest BCUT2D eigenvalue weighted by atomic mass is 10.2. The topological polar surface area (TPSA) is 95.6 Å². The van der Waals surface area contributed by atoms with E-state index in [2.05, 4.69) is 5.32 Å². The van der Waals surface area contributed by atoms with Crippen LogP contribution in [0.15, 0.2) is 18.2 Å². The van der Waals surface area contributed by atoms with Crippen LogP contribution in [-0.2, 0) is 0 Å². The minimum Gasteiger partial charge on any atom is -0.502 e. The van der Waals surface area contributed by atoms with E-state index < -0.39 is 16.8 Å². The number of benzene rings is 1. The molecular formula is C9H11ClN2O4. The molecule has 0 radical (unpaired) electrons. The summed E-state index contributed by atoms with van der Waals surface area (Å²) in [6.07, 6.45) is -0.727. The molecule has 3 N–H and O–H groups in total. The van der Waals surface area contributed by atoms with E-state index in [-0.39, 0.29) is 18.1 Å². The Morgan fingerprint density at radius 3 is 2.81 bits per heavy atom. The van der Waals surface area contributed by atoms with Crippen molar-refractivity contribution in [1.29, 1.82) is 0 Å². The predicted molar refractivity (Wildman–Crippen MR) is 60.0 cm³/mol. The molecule has 0 aromatic heterocycles. The first-order chi connectivity index (χ1) is 7.54. The van der Waals surface area contributed by atoms with Crippen LogP contribution in [0.1, 0.15) is 0 Å². The number of nitrogens with one attached hydrogen (secondary N) is 1. The maximum Gasteiger partial charge on any atom is 0.312 e. The molecule has 0 aliphatic carbocycles. The minimum atomic E-state index is -0.727. The van der Waals surface area contributed by atoms with Crippen LogP contribution >= 0.6 is 11.6 Å². The van der Waals surface area contributed by atoms with Gasteiger partial charge < -0.3 is 15.5 Å². The number of phenols is 1. The maximum atomic E-state index is 10.5. The number of aromatic hydroxyl groups is 1. The first kappa shape index (κ1) is 12.5. The van der Waals surface area contributed by atoms with Crippen LogP contribution < -0.4 is 5.32 Å². The van der Waals surface area contributed by atoms with E-state index in [9.17, 15) is 20.3 Å². The highest BCUT2D eigenvalue weighted by Gasteiger charge is 2.13. The fourth-order valence-corrected chi connectivity index (χ4v) is 1.18. The molecule has 0 bridgehead atoms. The Kier molecular flexibility index (Phi) is 4.33. The van der Waals surface area contributed by atoms with Crippen molar-refractivity contribution in [2.24, 2.45) is 0 Å². The summed E-state index contributed by atoms with van der Waals surface area (Å²) in [6.45, 7) is 0.186. The van der Waals surface area contributed by atoms with Gasteiger partial charge in [-0.05, 0) is 12.1 Å². The molecule has 16 heavy (non-hydrogen) atoms. The number of aliphatic hydroxyl groups is 1. The third kappa shape index (κ3) is 3.25. The van der Waals surface area contributed by atoms with Crippen LogP contribution in [0, 0.1) is 10.1 Å². The molecule has 88 valence electrons. The normalized spacial score (nSPS) is 12.1. The molecule has 0 saturated heterocycles. The number of hydrogen-bond acceptors (Lipinski definition) is 5. The Bertz CT molecular complexity index is 386. The van der Waals surface area contributed by atoms with Crippen molar-refractivity contribution in [2.75, 3.05) is 17.7 Å². The third-order valence-electron chi connectivity index (χ3n) is 1.89. The molecule has 0 saturated carbocycles. The lowest BCUT2D eigenvalue weighted by molar-refractivity contribution is -0.385. The second kappa shape index (κ2) is 5.53. The molecule has 6 nitrogen and oxygen atoms in total. The number of nitro groups is 1. The molecule has 1 unspecified atom stereocenters. The Labute approximate surface area is 96.6 Å². The molecule has 0 aliphatic rings. The summed E-state index contributed by atoms with van der Waals surface area (Å²) in [7, 11) is 0. The van der Waals surface area contributed by atoms with Gasteiger partial charge in [0.15, 0.2) is 5.75 Å². The second-order valence-electron chi connectivity index (χ2n) is 3.15. The second-order valence-corrected chi connectivity index (χ2v) is 3.46. The Balaban J connectivity index is 2.75. The van der Waals surface area contributed by atoms with Gasteiger partial charge in [0, 0.05) is 18.3 Å². The highest BCUT2D eigenvalue weighted by molar-refractivity contribution is 6.18. The number of hydrogen-bond donors (Lipinski definition) is 3. The molecule has 1 atom stereocenters. The number of alkyl halides is 1. The fraction of sp³-hybridized carbons (Fsp3) is 0.333. The average molecular weight is 247 g/mol. The lowest BCUT2D eigenvalue weighted by Gasteiger charge is -2.09. The van der Waals surface area contributed by atoms with Crippen LogP contribution in [0.4, 0.5) is 11.4 Å². The highest BCUT2D eigenvalue weighted by atomic mass is 35.5. The van der Waals surface area contributed by atoms with Crippen LogP contribution in [0.25, 0.3) is 0 Å². The van der Waals surface area contributed by atoms with Crippen LogP contribution in [-0.4, -0.2) is 33.7 Å². The lowest BCUT2D eigenvalue weighted by Crippen LogP contribution is -2.20. The molecular weight excluding hydrogens is 236 g/mol. The maximum absolute atomic E-state index is 10.5. The molecule has 1 aromatic rings. The summed E-state index contributed by atoms with van der Waals surface area (Å²) in [4.78, 5) is 9.83. The first-order valence-electron chi connectivity index (χ1n) is 4.50.